The molecular weight excluding hydrogens is 186 g/mol. The van der Waals surface area contributed by atoms with Gasteiger partial charge in [0.1, 0.15) is 0 Å². The standard InChI is InChI=1S/C8H11N3OS/c1-4-7-5(11-8(13)10-4)2-9-3-6(7)12/h6,9,12H,2-3H2,1H3,(H,10,11,13). The molecule has 2 heterocycles. The Kier molecular flexibility index (Phi) is 2.15. The van der Waals surface area contributed by atoms with Crippen LogP contribution in [0.25, 0.3) is 0 Å². The molecule has 0 fully saturated rings. The van der Waals surface area contributed by atoms with E-state index in [1.54, 1.807) is 0 Å². The molecule has 0 radical (unpaired) electrons. The first kappa shape index (κ1) is 8.80. The molecule has 0 amide bonds. The first-order valence-corrected chi connectivity index (χ1v) is 4.58. The van der Waals surface area contributed by atoms with Gasteiger partial charge in [-0.15, -0.1) is 0 Å². The number of aryl methyl sites for hydroxylation is 1. The van der Waals surface area contributed by atoms with Gasteiger partial charge in [-0.05, 0) is 19.1 Å². The maximum absolute atomic E-state index is 9.68. The van der Waals surface area contributed by atoms with E-state index in [-0.39, 0.29) is 0 Å². The topological polar surface area (TPSA) is 60.9 Å². The molecule has 2 rings (SSSR count). The molecule has 0 aromatic carbocycles. The van der Waals surface area contributed by atoms with Crippen LogP contribution in [0.2, 0.25) is 0 Å². The molecule has 4 nitrogen and oxygen atoms in total. The molecule has 1 aromatic rings. The van der Waals surface area contributed by atoms with Crippen LogP contribution in [0.15, 0.2) is 0 Å². The number of aromatic amines is 1. The Bertz CT molecular complexity index is 387. The molecule has 1 aromatic heterocycles. The molecule has 1 atom stereocenters. The number of aliphatic hydroxyl groups is 1. The number of fused-ring (bicyclic) bond motifs is 1. The van der Waals surface area contributed by atoms with Crippen molar-refractivity contribution in [1.29, 1.82) is 0 Å². The van der Waals surface area contributed by atoms with Gasteiger partial charge in [0.05, 0.1) is 11.8 Å². The second kappa shape index (κ2) is 3.17. The molecular formula is C8H11N3OS. The Morgan fingerprint density at radius 3 is 3.15 bits per heavy atom. The molecule has 5 heteroatoms. The van der Waals surface area contributed by atoms with Crippen LogP contribution < -0.4 is 5.32 Å². The van der Waals surface area contributed by atoms with Crippen LogP contribution in [0.5, 0.6) is 0 Å². The minimum absolute atomic E-state index is 0.469. The summed E-state index contributed by atoms with van der Waals surface area (Å²) in [5.41, 5.74) is 2.68. The average molecular weight is 197 g/mol. The van der Waals surface area contributed by atoms with Crippen molar-refractivity contribution in [2.75, 3.05) is 6.54 Å². The van der Waals surface area contributed by atoms with E-state index in [1.165, 1.54) is 0 Å². The van der Waals surface area contributed by atoms with E-state index in [9.17, 15) is 5.11 Å². The second-order valence-electron chi connectivity index (χ2n) is 3.17. The maximum Gasteiger partial charge on any atom is 0.197 e. The number of nitrogens with one attached hydrogen (secondary N) is 2. The zero-order valence-electron chi connectivity index (χ0n) is 7.29. The molecule has 0 saturated heterocycles. The lowest BCUT2D eigenvalue weighted by molar-refractivity contribution is 0.162. The zero-order chi connectivity index (χ0) is 9.42. The van der Waals surface area contributed by atoms with E-state index < -0.39 is 6.10 Å². The van der Waals surface area contributed by atoms with Gasteiger partial charge in [0.25, 0.3) is 0 Å². The summed E-state index contributed by atoms with van der Waals surface area (Å²) in [5.74, 6) is 0. The number of H-pyrrole nitrogens is 1. The van der Waals surface area contributed by atoms with E-state index >= 15 is 0 Å². The number of hydrogen-bond donors (Lipinski definition) is 3. The molecule has 0 spiro atoms. The second-order valence-corrected chi connectivity index (χ2v) is 3.56. The Hall–Kier alpha value is -0.780. The van der Waals surface area contributed by atoms with Gasteiger partial charge in [0, 0.05) is 24.3 Å². The Morgan fingerprint density at radius 2 is 2.38 bits per heavy atom. The average Bonchev–Trinajstić information content (AvgIpc) is 2.02. The van der Waals surface area contributed by atoms with Crippen LogP contribution >= 0.6 is 12.2 Å². The normalized spacial score (nSPS) is 21.2. The Labute approximate surface area is 81.0 Å². The first-order valence-electron chi connectivity index (χ1n) is 4.17. The van der Waals surface area contributed by atoms with Gasteiger partial charge in [-0.25, -0.2) is 4.98 Å². The number of β-amino-alcohol motifs (C(OH)–C–C–N with tert-alkyl or cyclic N) is 1. The molecule has 0 bridgehead atoms. The molecule has 13 heavy (non-hydrogen) atoms. The van der Waals surface area contributed by atoms with Gasteiger partial charge in [-0.2, -0.15) is 0 Å². The fourth-order valence-corrected chi connectivity index (χ4v) is 1.92. The van der Waals surface area contributed by atoms with E-state index in [4.69, 9.17) is 12.2 Å². The van der Waals surface area contributed by atoms with Gasteiger partial charge in [0.15, 0.2) is 4.77 Å². The fraction of sp³-hybridized carbons (Fsp3) is 0.500. The molecule has 0 saturated carbocycles. The quantitative estimate of drug-likeness (QED) is 0.533. The highest BCUT2D eigenvalue weighted by Crippen LogP contribution is 2.21. The molecule has 3 N–H and O–H groups in total. The number of aromatic nitrogens is 2. The number of nitrogens with zero attached hydrogens (tertiary/aromatic N) is 1. The van der Waals surface area contributed by atoms with Crippen molar-refractivity contribution in [3.63, 3.8) is 0 Å². The Morgan fingerprint density at radius 1 is 1.62 bits per heavy atom. The van der Waals surface area contributed by atoms with E-state index in [0.29, 0.717) is 17.9 Å². The Balaban J connectivity index is 2.63. The van der Waals surface area contributed by atoms with Crippen LogP contribution in [0.1, 0.15) is 23.1 Å². The van der Waals surface area contributed by atoms with Gasteiger partial charge < -0.3 is 15.4 Å². The van der Waals surface area contributed by atoms with Crippen LogP contribution in [-0.2, 0) is 6.54 Å². The summed E-state index contributed by atoms with van der Waals surface area (Å²) in [6.07, 6.45) is -0.469. The summed E-state index contributed by atoms with van der Waals surface area (Å²) >= 11 is 4.95. The largest absolute Gasteiger partial charge is 0.387 e. The van der Waals surface area contributed by atoms with Gasteiger partial charge >= 0.3 is 0 Å². The van der Waals surface area contributed by atoms with Gasteiger partial charge in [0.2, 0.25) is 0 Å². The minimum Gasteiger partial charge on any atom is -0.387 e. The van der Waals surface area contributed by atoms with Crippen molar-refractivity contribution in [2.45, 2.75) is 19.6 Å². The lowest BCUT2D eigenvalue weighted by Crippen LogP contribution is -2.30. The fourth-order valence-electron chi connectivity index (χ4n) is 1.66. The highest BCUT2D eigenvalue weighted by molar-refractivity contribution is 7.71. The minimum atomic E-state index is -0.469. The summed E-state index contributed by atoms with van der Waals surface area (Å²) in [6.45, 7) is 3.18. The highest BCUT2D eigenvalue weighted by atomic mass is 32.1. The third-order valence-corrected chi connectivity index (χ3v) is 2.40. The summed E-state index contributed by atoms with van der Waals surface area (Å²) < 4.78 is 0.479. The summed E-state index contributed by atoms with van der Waals surface area (Å²) in [7, 11) is 0. The van der Waals surface area contributed by atoms with Crippen molar-refractivity contribution in [3.8, 4) is 0 Å². The summed E-state index contributed by atoms with van der Waals surface area (Å²) in [5, 5.41) is 12.7. The van der Waals surface area contributed by atoms with Crippen LogP contribution in [-0.4, -0.2) is 21.6 Å². The predicted octanol–water partition coefficient (Wildman–Crippen LogP) is 0.584. The summed E-state index contributed by atoms with van der Waals surface area (Å²) in [4.78, 5) is 7.11. The number of rotatable bonds is 0. The molecule has 1 unspecified atom stereocenters. The van der Waals surface area contributed by atoms with Gasteiger partial charge in [-0.1, -0.05) is 0 Å². The van der Waals surface area contributed by atoms with Crippen molar-refractivity contribution < 1.29 is 5.11 Å². The summed E-state index contributed by atoms with van der Waals surface area (Å²) in [6, 6.07) is 0. The monoisotopic (exact) mass is 197 g/mol. The first-order chi connectivity index (χ1) is 6.18. The van der Waals surface area contributed by atoms with Crippen molar-refractivity contribution in [2.24, 2.45) is 0 Å². The number of hydrogen-bond acceptors (Lipinski definition) is 4. The van der Waals surface area contributed by atoms with Crippen LogP contribution in [0, 0.1) is 11.7 Å². The lowest BCUT2D eigenvalue weighted by Gasteiger charge is -2.22. The van der Waals surface area contributed by atoms with Crippen LogP contribution in [0.4, 0.5) is 0 Å². The molecule has 70 valence electrons. The van der Waals surface area contributed by atoms with E-state index in [2.05, 4.69) is 15.3 Å². The smallest absolute Gasteiger partial charge is 0.197 e. The van der Waals surface area contributed by atoms with E-state index in [0.717, 1.165) is 17.0 Å². The molecule has 0 aliphatic carbocycles. The lowest BCUT2D eigenvalue weighted by atomic mass is 10.0. The zero-order valence-corrected chi connectivity index (χ0v) is 8.11. The SMILES string of the molecule is Cc1[nH]c(=S)nc2c1C(O)CNC2. The predicted molar refractivity (Wildman–Crippen MR) is 50.8 cm³/mol. The van der Waals surface area contributed by atoms with Crippen molar-refractivity contribution in [1.82, 2.24) is 15.3 Å². The third kappa shape index (κ3) is 1.50. The van der Waals surface area contributed by atoms with E-state index in [1.807, 2.05) is 6.92 Å². The molecule has 1 aliphatic rings. The van der Waals surface area contributed by atoms with Crippen molar-refractivity contribution in [3.05, 3.63) is 21.7 Å². The van der Waals surface area contributed by atoms with Crippen molar-refractivity contribution >= 4 is 12.2 Å². The third-order valence-electron chi connectivity index (χ3n) is 2.21. The maximum atomic E-state index is 9.68. The number of aliphatic hydroxyl groups excluding tert-OH is 1. The highest BCUT2D eigenvalue weighted by Gasteiger charge is 2.20. The van der Waals surface area contributed by atoms with Gasteiger partial charge in [-0.3, -0.25) is 0 Å². The van der Waals surface area contributed by atoms with Crippen LogP contribution in [0.3, 0.4) is 0 Å². The molecule has 1 aliphatic heterocycles.